The molecule has 0 saturated heterocycles. The molecular formula is C20H18ClN4O4+. The van der Waals surface area contributed by atoms with E-state index in [0.29, 0.717) is 35.8 Å². The van der Waals surface area contributed by atoms with Gasteiger partial charge in [0.1, 0.15) is 0 Å². The molecule has 0 fully saturated rings. The molecule has 148 valence electrons. The predicted octanol–water partition coefficient (Wildman–Crippen LogP) is 1.75. The number of carbonyl (C=O) groups is 2. The van der Waals surface area contributed by atoms with Crippen LogP contribution in [0, 0.1) is 0 Å². The molecule has 0 aliphatic carbocycles. The summed E-state index contributed by atoms with van der Waals surface area (Å²) in [5.74, 6) is -0.428. The summed E-state index contributed by atoms with van der Waals surface area (Å²) in [6, 6.07) is 12.5. The van der Waals surface area contributed by atoms with Crippen molar-refractivity contribution in [3.05, 3.63) is 80.8 Å². The van der Waals surface area contributed by atoms with Crippen molar-refractivity contribution in [3.63, 3.8) is 0 Å². The first kappa shape index (κ1) is 18.9. The number of amides is 2. The Morgan fingerprint density at radius 2 is 2.03 bits per heavy atom. The molecule has 8 nitrogen and oxygen atoms in total. The van der Waals surface area contributed by atoms with E-state index in [-0.39, 0.29) is 18.4 Å². The zero-order valence-electron chi connectivity index (χ0n) is 15.4. The predicted molar refractivity (Wildman–Crippen MR) is 104 cm³/mol. The van der Waals surface area contributed by atoms with Gasteiger partial charge in [0.2, 0.25) is 0 Å². The average molecular weight is 414 g/mol. The Morgan fingerprint density at radius 3 is 2.79 bits per heavy atom. The summed E-state index contributed by atoms with van der Waals surface area (Å²) in [5.41, 5.74) is 2.59. The first-order valence-electron chi connectivity index (χ1n) is 9.03. The van der Waals surface area contributed by atoms with Crippen LogP contribution in [-0.2, 0) is 24.3 Å². The highest BCUT2D eigenvalue weighted by Gasteiger charge is 2.24. The summed E-state index contributed by atoms with van der Waals surface area (Å²) < 4.78 is 5.87. The minimum Gasteiger partial charge on any atom is -0.332 e. The van der Waals surface area contributed by atoms with E-state index in [0.717, 1.165) is 11.1 Å². The molecule has 0 bridgehead atoms. The Bertz CT molecular complexity index is 1140. The summed E-state index contributed by atoms with van der Waals surface area (Å²) in [7, 11) is 0. The lowest BCUT2D eigenvalue weighted by molar-refractivity contribution is -0.751. The number of hydrogen-bond donors (Lipinski definition) is 2. The van der Waals surface area contributed by atoms with Crippen LogP contribution in [0.1, 0.15) is 21.5 Å². The van der Waals surface area contributed by atoms with Crippen molar-refractivity contribution in [1.82, 2.24) is 10.2 Å². The molecule has 1 aliphatic rings. The third kappa shape index (κ3) is 4.22. The van der Waals surface area contributed by atoms with E-state index in [4.69, 9.17) is 11.6 Å². The van der Waals surface area contributed by atoms with Crippen LogP contribution in [0.25, 0.3) is 0 Å². The maximum Gasteiger partial charge on any atom is 0.426 e. The monoisotopic (exact) mass is 413 g/mol. The Balaban J connectivity index is 1.46. The normalized spacial score (nSPS) is 13.1. The van der Waals surface area contributed by atoms with Crippen LogP contribution >= 0.6 is 11.6 Å². The van der Waals surface area contributed by atoms with E-state index in [1.54, 1.807) is 29.2 Å². The molecular weight excluding hydrogens is 396 g/mol. The fourth-order valence-electron chi connectivity index (χ4n) is 3.30. The van der Waals surface area contributed by atoms with Gasteiger partial charge in [0, 0.05) is 18.8 Å². The van der Waals surface area contributed by atoms with Gasteiger partial charge in [-0.05, 0) is 47.1 Å². The molecule has 2 amide bonds. The topological polar surface area (TPSA) is 99.3 Å². The maximum atomic E-state index is 12.5. The van der Waals surface area contributed by atoms with Crippen molar-refractivity contribution < 1.29 is 18.8 Å². The average Bonchev–Trinajstić information content (AvgIpc) is 3.12. The van der Waals surface area contributed by atoms with E-state index in [1.165, 1.54) is 10.9 Å². The van der Waals surface area contributed by atoms with Crippen molar-refractivity contribution in [3.8, 4) is 0 Å². The molecule has 0 spiro atoms. The zero-order chi connectivity index (χ0) is 20.4. The highest BCUT2D eigenvalue weighted by atomic mass is 35.5. The maximum absolute atomic E-state index is 12.5. The van der Waals surface area contributed by atoms with E-state index < -0.39 is 5.63 Å². The van der Waals surface area contributed by atoms with Gasteiger partial charge in [0.15, 0.2) is 0 Å². The number of fused-ring (bicyclic) bond motifs is 1. The Hall–Kier alpha value is -3.39. The summed E-state index contributed by atoms with van der Waals surface area (Å²) in [4.78, 5) is 37.8. The molecule has 2 N–H and O–H groups in total. The smallest absolute Gasteiger partial charge is 0.332 e. The molecule has 0 atom stereocenters. The largest absolute Gasteiger partial charge is 0.426 e. The van der Waals surface area contributed by atoms with Crippen LogP contribution in [0.3, 0.4) is 0 Å². The SMILES string of the molecule is O=C(Nc1ccc2c(c1)CN(C(=O)C[n+]1cc(=O)o[nH]1)CC2)c1ccccc1Cl. The molecule has 3 aromatic rings. The number of nitrogens with zero attached hydrogens (tertiary/aromatic N) is 2. The third-order valence-electron chi connectivity index (χ3n) is 4.78. The molecule has 1 aromatic heterocycles. The second-order valence-corrected chi connectivity index (χ2v) is 7.16. The fraction of sp³-hybridized carbons (Fsp3) is 0.200. The van der Waals surface area contributed by atoms with Crippen molar-refractivity contribution >= 4 is 29.1 Å². The highest BCUT2D eigenvalue weighted by Crippen LogP contribution is 2.24. The van der Waals surface area contributed by atoms with E-state index >= 15 is 0 Å². The summed E-state index contributed by atoms with van der Waals surface area (Å²) in [6.07, 6.45) is 1.91. The fourth-order valence-corrected chi connectivity index (χ4v) is 3.52. The number of nitrogens with one attached hydrogen (secondary N) is 2. The van der Waals surface area contributed by atoms with Crippen molar-refractivity contribution in [2.75, 3.05) is 11.9 Å². The van der Waals surface area contributed by atoms with Gasteiger partial charge in [-0.1, -0.05) is 34.5 Å². The number of anilines is 1. The first-order valence-corrected chi connectivity index (χ1v) is 9.41. The molecule has 0 saturated carbocycles. The van der Waals surface area contributed by atoms with Crippen LogP contribution in [-0.4, -0.2) is 28.5 Å². The first-order chi connectivity index (χ1) is 14.0. The molecule has 1 aliphatic heterocycles. The molecule has 2 heterocycles. The number of hydrogen-bond acceptors (Lipinski definition) is 4. The van der Waals surface area contributed by atoms with Gasteiger partial charge in [0.25, 0.3) is 24.6 Å². The lowest BCUT2D eigenvalue weighted by Crippen LogP contribution is -2.47. The van der Waals surface area contributed by atoms with Gasteiger partial charge >= 0.3 is 5.63 Å². The molecule has 9 heteroatoms. The van der Waals surface area contributed by atoms with Crippen molar-refractivity contribution in [1.29, 1.82) is 0 Å². The van der Waals surface area contributed by atoms with Crippen LogP contribution in [0.15, 0.2) is 58.0 Å². The Labute approximate surface area is 170 Å². The van der Waals surface area contributed by atoms with Crippen LogP contribution < -0.4 is 15.6 Å². The van der Waals surface area contributed by atoms with Crippen LogP contribution in [0.2, 0.25) is 5.02 Å². The lowest BCUT2D eigenvalue weighted by Gasteiger charge is -2.28. The number of H-pyrrole nitrogens is 1. The molecule has 0 radical (unpaired) electrons. The Morgan fingerprint density at radius 1 is 1.21 bits per heavy atom. The minimum absolute atomic E-state index is 0.00991. The summed E-state index contributed by atoms with van der Waals surface area (Å²) in [5, 5.41) is 5.61. The number of rotatable bonds is 4. The van der Waals surface area contributed by atoms with Gasteiger partial charge in [-0.15, -0.1) is 0 Å². The Kier molecular flexibility index (Phi) is 5.18. The van der Waals surface area contributed by atoms with E-state index in [1.807, 2.05) is 18.2 Å². The van der Waals surface area contributed by atoms with Crippen LogP contribution in [0.5, 0.6) is 0 Å². The number of aromatic nitrogens is 2. The standard InChI is InChI=1S/C20H17ClN4O4/c21-17-4-2-1-3-16(17)20(28)22-15-6-5-13-7-8-24(10-14(13)9-15)18(26)11-25-12-19(27)29-23-25/h1-6,9,12H,7-8,10-11H2,(H-,22,23,27,28)/p+1. The van der Waals surface area contributed by atoms with Gasteiger partial charge in [-0.25, -0.2) is 4.79 Å². The van der Waals surface area contributed by atoms with E-state index in [9.17, 15) is 14.4 Å². The van der Waals surface area contributed by atoms with Crippen LogP contribution in [0.4, 0.5) is 5.69 Å². The third-order valence-corrected chi connectivity index (χ3v) is 5.11. The summed E-state index contributed by atoms with van der Waals surface area (Å²) >= 11 is 6.09. The lowest BCUT2D eigenvalue weighted by atomic mass is 9.99. The molecule has 0 unspecified atom stereocenters. The minimum atomic E-state index is -0.541. The van der Waals surface area contributed by atoms with Gasteiger partial charge in [-0.2, -0.15) is 0 Å². The number of halogens is 1. The van der Waals surface area contributed by atoms with Gasteiger partial charge < -0.3 is 10.2 Å². The highest BCUT2D eigenvalue weighted by molar-refractivity contribution is 6.34. The second-order valence-electron chi connectivity index (χ2n) is 6.75. The number of carbonyl (C=O) groups excluding carboxylic acids is 2. The van der Waals surface area contributed by atoms with Gasteiger partial charge in [-0.3, -0.25) is 14.1 Å². The zero-order valence-corrected chi connectivity index (χ0v) is 16.1. The van der Waals surface area contributed by atoms with Crippen molar-refractivity contribution in [2.45, 2.75) is 19.5 Å². The molecule has 29 heavy (non-hydrogen) atoms. The molecule has 4 rings (SSSR count). The van der Waals surface area contributed by atoms with Crippen molar-refractivity contribution in [2.24, 2.45) is 0 Å². The van der Waals surface area contributed by atoms with Gasteiger partial charge in [0.05, 0.1) is 10.6 Å². The second kappa shape index (κ2) is 7.92. The molecule has 2 aromatic carbocycles. The number of aromatic amines is 1. The van der Waals surface area contributed by atoms with E-state index in [2.05, 4.69) is 15.1 Å². The quantitative estimate of drug-likeness (QED) is 0.636. The number of benzene rings is 2. The summed E-state index contributed by atoms with van der Waals surface area (Å²) in [6.45, 7) is 0.996.